The fraction of sp³-hybridized carbons (Fsp3) is 1.00. The maximum Gasteiger partial charge on any atom is 0.391 e. The molecular formula is C11H23F3N2O. The van der Waals surface area contributed by atoms with Gasteiger partial charge in [-0.1, -0.05) is 13.8 Å². The number of nitrogens with one attached hydrogen (secondary N) is 1. The Morgan fingerprint density at radius 3 is 2.24 bits per heavy atom. The van der Waals surface area contributed by atoms with Crippen LogP contribution in [-0.4, -0.2) is 57.0 Å². The van der Waals surface area contributed by atoms with Crippen molar-refractivity contribution in [3.05, 3.63) is 0 Å². The van der Waals surface area contributed by atoms with E-state index in [-0.39, 0.29) is 6.61 Å². The molecule has 0 amide bonds. The van der Waals surface area contributed by atoms with Gasteiger partial charge in [-0.15, -0.1) is 0 Å². The number of likely N-dealkylation sites (N-methyl/N-ethyl adjacent to an activating group) is 1. The molecule has 0 unspecified atom stereocenters. The Hall–Kier alpha value is -0.330. The van der Waals surface area contributed by atoms with E-state index in [9.17, 15) is 13.2 Å². The highest BCUT2D eigenvalue weighted by molar-refractivity contribution is 4.55. The molecule has 0 heterocycles. The van der Waals surface area contributed by atoms with E-state index in [0.29, 0.717) is 13.2 Å². The van der Waals surface area contributed by atoms with E-state index in [1.54, 1.807) is 0 Å². The van der Waals surface area contributed by atoms with Crippen molar-refractivity contribution >= 4 is 0 Å². The molecule has 3 nitrogen and oxygen atoms in total. The molecule has 104 valence electrons. The molecular weight excluding hydrogens is 233 g/mol. The molecule has 0 rings (SSSR count). The van der Waals surface area contributed by atoms with Crippen molar-refractivity contribution in [2.45, 2.75) is 26.4 Å². The summed E-state index contributed by atoms with van der Waals surface area (Å²) >= 11 is 0. The quantitative estimate of drug-likeness (QED) is 0.604. The van der Waals surface area contributed by atoms with E-state index in [0.717, 1.165) is 26.2 Å². The van der Waals surface area contributed by atoms with E-state index >= 15 is 0 Å². The summed E-state index contributed by atoms with van der Waals surface area (Å²) in [5, 5.41) is 3.13. The van der Waals surface area contributed by atoms with E-state index in [1.165, 1.54) is 0 Å². The van der Waals surface area contributed by atoms with Gasteiger partial charge in [0.15, 0.2) is 0 Å². The molecule has 0 saturated carbocycles. The van der Waals surface area contributed by atoms with E-state index in [2.05, 4.69) is 24.1 Å². The highest BCUT2D eigenvalue weighted by Gasteiger charge is 2.26. The average molecular weight is 256 g/mol. The minimum atomic E-state index is -4.11. The van der Waals surface area contributed by atoms with Gasteiger partial charge in [-0.3, -0.25) is 0 Å². The van der Waals surface area contributed by atoms with Gasteiger partial charge in [0.2, 0.25) is 0 Å². The SMILES string of the molecule is CCN(CC)CCNCCOCCC(F)(F)F. The summed E-state index contributed by atoms with van der Waals surface area (Å²) in [7, 11) is 0. The van der Waals surface area contributed by atoms with Gasteiger partial charge < -0.3 is 15.0 Å². The third-order valence-electron chi connectivity index (χ3n) is 2.45. The normalized spacial score (nSPS) is 12.4. The maximum atomic E-state index is 11.8. The molecule has 0 spiro atoms. The number of nitrogens with zero attached hydrogens (tertiary/aromatic N) is 1. The summed E-state index contributed by atoms with van der Waals surface area (Å²) < 4.78 is 40.1. The third-order valence-corrected chi connectivity index (χ3v) is 2.45. The summed E-state index contributed by atoms with van der Waals surface area (Å²) in [5.41, 5.74) is 0. The van der Waals surface area contributed by atoms with Crippen LogP contribution in [0.5, 0.6) is 0 Å². The van der Waals surface area contributed by atoms with Gasteiger partial charge in [0.05, 0.1) is 19.6 Å². The monoisotopic (exact) mass is 256 g/mol. The molecule has 0 atom stereocenters. The Morgan fingerprint density at radius 1 is 1.06 bits per heavy atom. The third kappa shape index (κ3) is 11.9. The Labute approximate surface area is 101 Å². The Morgan fingerprint density at radius 2 is 1.71 bits per heavy atom. The molecule has 17 heavy (non-hydrogen) atoms. The second-order valence-electron chi connectivity index (χ2n) is 3.75. The van der Waals surface area contributed by atoms with E-state index in [4.69, 9.17) is 4.74 Å². The van der Waals surface area contributed by atoms with Crippen LogP contribution in [0.25, 0.3) is 0 Å². The van der Waals surface area contributed by atoms with Crippen LogP contribution in [0.3, 0.4) is 0 Å². The van der Waals surface area contributed by atoms with Crippen LogP contribution in [0.2, 0.25) is 0 Å². The fourth-order valence-electron chi connectivity index (χ4n) is 1.34. The summed E-state index contributed by atoms with van der Waals surface area (Å²) in [4.78, 5) is 2.28. The van der Waals surface area contributed by atoms with Crippen molar-refractivity contribution in [2.24, 2.45) is 0 Å². The average Bonchev–Trinajstić information content (AvgIpc) is 2.26. The zero-order valence-corrected chi connectivity index (χ0v) is 10.6. The smallest absolute Gasteiger partial charge is 0.380 e. The number of rotatable bonds is 10. The topological polar surface area (TPSA) is 24.5 Å². The first-order valence-electron chi connectivity index (χ1n) is 6.07. The fourth-order valence-corrected chi connectivity index (χ4v) is 1.34. The lowest BCUT2D eigenvalue weighted by atomic mass is 10.4. The second-order valence-corrected chi connectivity index (χ2v) is 3.75. The van der Waals surface area contributed by atoms with Crippen LogP contribution in [0.1, 0.15) is 20.3 Å². The largest absolute Gasteiger partial charge is 0.391 e. The lowest BCUT2D eigenvalue weighted by molar-refractivity contribution is -0.145. The number of ether oxygens (including phenoxy) is 1. The predicted octanol–water partition coefficient (Wildman–Crippen LogP) is 1.89. The molecule has 6 heteroatoms. The summed E-state index contributed by atoms with van der Waals surface area (Å²) in [6.07, 6.45) is -4.98. The van der Waals surface area contributed by atoms with Crippen molar-refractivity contribution in [3.63, 3.8) is 0 Å². The van der Waals surface area contributed by atoms with Crippen molar-refractivity contribution in [3.8, 4) is 0 Å². The van der Waals surface area contributed by atoms with Gasteiger partial charge in [-0.25, -0.2) is 0 Å². The number of hydrogen-bond donors (Lipinski definition) is 1. The molecule has 0 aliphatic rings. The molecule has 0 aromatic rings. The first-order valence-corrected chi connectivity index (χ1v) is 6.07. The Kier molecular flexibility index (Phi) is 9.49. The van der Waals surface area contributed by atoms with Crippen molar-refractivity contribution in [2.75, 3.05) is 45.9 Å². The molecule has 0 fully saturated rings. The molecule has 0 radical (unpaired) electrons. The number of alkyl halides is 3. The van der Waals surface area contributed by atoms with Crippen LogP contribution < -0.4 is 5.32 Å². The molecule has 0 aliphatic heterocycles. The Bertz CT molecular complexity index is 173. The van der Waals surface area contributed by atoms with Gasteiger partial charge in [0.1, 0.15) is 0 Å². The molecule has 0 saturated heterocycles. The van der Waals surface area contributed by atoms with Crippen LogP contribution in [0.4, 0.5) is 13.2 Å². The van der Waals surface area contributed by atoms with Crippen LogP contribution in [0.15, 0.2) is 0 Å². The van der Waals surface area contributed by atoms with Crippen LogP contribution >= 0.6 is 0 Å². The first-order chi connectivity index (χ1) is 7.99. The van der Waals surface area contributed by atoms with Gasteiger partial charge in [0, 0.05) is 19.6 Å². The summed E-state index contributed by atoms with van der Waals surface area (Å²) in [5.74, 6) is 0. The zero-order chi connectivity index (χ0) is 13.1. The minimum absolute atomic E-state index is 0.249. The van der Waals surface area contributed by atoms with Gasteiger partial charge >= 0.3 is 6.18 Å². The molecule has 1 N–H and O–H groups in total. The minimum Gasteiger partial charge on any atom is -0.380 e. The molecule has 0 bridgehead atoms. The molecule has 0 aromatic carbocycles. The Balaban J connectivity index is 3.19. The molecule has 0 aliphatic carbocycles. The molecule has 0 aromatic heterocycles. The highest BCUT2D eigenvalue weighted by Crippen LogP contribution is 2.18. The summed E-state index contributed by atoms with van der Waals surface area (Å²) in [6.45, 7) is 8.70. The zero-order valence-electron chi connectivity index (χ0n) is 10.6. The second kappa shape index (κ2) is 9.67. The van der Waals surface area contributed by atoms with Gasteiger partial charge in [0.25, 0.3) is 0 Å². The van der Waals surface area contributed by atoms with Crippen LogP contribution in [-0.2, 0) is 4.74 Å². The highest BCUT2D eigenvalue weighted by atomic mass is 19.4. The standard InChI is InChI=1S/C11H23F3N2O/c1-3-16(4-2)8-6-15-7-10-17-9-5-11(12,13)14/h15H,3-10H2,1-2H3. The van der Waals surface area contributed by atoms with Crippen LogP contribution in [0, 0.1) is 0 Å². The van der Waals surface area contributed by atoms with Crippen molar-refractivity contribution in [1.82, 2.24) is 10.2 Å². The maximum absolute atomic E-state index is 11.8. The van der Waals surface area contributed by atoms with Gasteiger partial charge in [-0.05, 0) is 13.1 Å². The van der Waals surface area contributed by atoms with Crippen molar-refractivity contribution in [1.29, 1.82) is 0 Å². The predicted molar refractivity (Wildman–Crippen MR) is 62.1 cm³/mol. The number of hydrogen-bond acceptors (Lipinski definition) is 3. The van der Waals surface area contributed by atoms with E-state index in [1.807, 2.05) is 0 Å². The van der Waals surface area contributed by atoms with Gasteiger partial charge in [-0.2, -0.15) is 13.2 Å². The van der Waals surface area contributed by atoms with E-state index < -0.39 is 12.6 Å². The number of halogens is 3. The lowest BCUT2D eigenvalue weighted by Crippen LogP contribution is -2.33. The summed E-state index contributed by atoms with van der Waals surface area (Å²) in [6, 6.07) is 0. The first kappa shape index (κ1) is 16.7. The lowest BCUT2D eigenvalue weighted by Gasteiger charge is -2.17. The van der Waals surface area contributed by atoms with Crippen molar-refractivity contribution < 1.29 is 17.9 Å².